The fourth-order valence-electron chi connectivity index (χ4n) is 1.62. The van der Waals surface area contributed by atoms with Crippen LogP contribution in [0.5, 0.6) is 0 Å². The molecule has 1 unspecified atom stereocenters. The number of aliphatic hydroxyl groups is 1. The Morgan fingerprint density at radius 1 is 1.50 bits per heavy atom. The number of hydrogen-bond acceptors (Lipinski definition) is 3. The maximum absolute atomic E-state index is 8.86. The quantitative estimate of drug-likeness (QED) is 0.545. The van der Waals surface area contributed by atoms with Crippen molar-refractivity contribution >= 4 is 0 Å². The summed E-state index contributed by atoms with van der Waals surface area (Å²) in [5, 5.41) is 15.6. The molecule has 1 aliphatic rings. The molecular weight excluding hydrogens is 152 g/mol. The van der Waals surface area contributed by atoms with Gasteiger partial charge in [0.2, 0.25) is 0 Å². The highest BCUT2D eigenvalue weighted by atomic mass is 16.3. The standard InChI is InChI=1S/C9H20N2O/c1-7(2)11-9(3-4-12)8-5-10-6-8/h7-12H,3-6H2,1-2H3. The van der Waals surface area contributed by atoms with Crippen molar-refractivity contribution < 1.29 is 5.11 Å². The van der Waals surface area contributed by atoms with Gasteiger partial charge in [0.25, 0.3) is 0 Å². The Kier molecular flexibility index (Phi) is 3.98. The molecular formula is C9H20N2O. The lowest BCUT2D eigenvalue weighted by molar-refractivity contribution is 0.192. The van der Waals surface area contributed by atoms with Crippen LogP contribution in [0.3, 0.4) is 0 Å². The number of rotatable bonds is 5. The maximum Gasteiger partial charge on any atom is 0.0445 e. The van der Waals surface area contributed by atoms with Gasteiger partial charge in [-0.05, 0) is 12.3 Å². The normalized spacial score (nSPS) is 21.0. The molecule has 1 rings (SSSR count). The van der Waals surface area contributed by atoms with Crippen molar-refractivity contribution in [2.45, 2.75) is 32.4 Å². The summed E-state index contributed by atoms with van der Waals surface area (Å²) in [5.41, 5.74) is 0. The van der Waals surface area contributed by atoms with E-state index in [1.54, 1.807) is 0 Å². The molecule has 1 atom stereocenters. The molecule has 1 saturated heterocycles. The Balaban J connectivity index is 2.26. The van der Waals surface area contributed by atoms with Crippen molar-refractivity contribution in [1.82, 2.24) is 10.6 Å². The second kappa shape index (κ2) is 4.80. The highest BCUT2D eigenvalue weighted by molar-refractivity contribution is 4.86. The highest BCUT2D eigenvalue weighted by Gasteiger charge is 2.26. The van der Waals surface area contributed by atoms with E-state index in [0.717, 1.165) is 25.4 Å². The van der Waals surface area contributed by atoms with Crippen LogP contribution in [0.4, 0.5) is 0 Å². The molecule has 3 N–H and O–H groups in total. The lowest BCUT2D eigenvalue weighted by Crippen LogP contribution is -2.54. The molecule has 0 spiro atoms. The van der Waals surface area contributed by atoms with Gasteiger partial charge in [0.1, 0.15) is 0 Å². The van der Waals surface area contributed by atoms with Gasteiger partial charge in [0.05, 0.1) is 0 Å². The summed E-state index contributed by atoms with van der Waals surface area (Å²) in [6.45, 7) is 6.79. The minimum Gasteiger partial charge on any atom is -0.396 e. The summed E-state index contributed by atoms with van der Waals surface area (Å²) in [6, 6.07) is 1.01. The topological polar surface area (TPSA) is 44.3 Å². The van der Waals surface area contributed by atoms with Gasteiger partial charge in [-0.2, -0.15) is 0 Å². The summed E-state index contributed by atoms with van der Waals surface area (Å²) >= 11 is 0. The van der Waals surface area contributed by atoms with E-state index < -0.39 is 0 Å². The van der Waals surface area contributed by atoms with Crippen molar-refractivity contribution in [2.24, 2.45) is 5.92 Å². The van der Waals surface area contributed by atoms with E-state index >= 15 is 0 Å². The van der Waals surface area contributed by atoms with Crippen LogP contribution in [0.15, 0.2) is 0 Å². The van der Waals surface area contributed by atoms with E-state index in [4.69, 9.17) is 5.11 Å². The summed E-state index contributed by atoms with van der Waals surface area (Å²) in [7, 11) is 0. The second-order valence-electron chi connectivity index (χ2n) is 3.86. The average Bonchev–Trinajstić information content (AvgIpc) is 1.81. The molecule has 0 aromatic carbocycles. The van der Waals surface area contributed by atoms with Gasteiger partial charge < -0.3 is 15.7 Å². The van der Waals surface area contributed by atoms with Crippen LogP contribution in [-0.2, 0) is 0 Å². The summed E-state index contributed by atoms with van der Waals surface area (Å²) in [5.74, 6) is 0.722. The van der Waals surface area contributed by atoms with Crippen molar-refractivity contribution in [3.63, 3.8) is 0 Å². The molecule has 0 saturated carbocycles. The zero-order valence-corrected chi connectivity index (χ0v) is 8.01. The fourth-order valence-corrected chi connectivity index (χ4v) is 1.62. The third kappa shape index (κ3) is 2.73. The van der Waals surface area contributed by atoms with Crippen molar-refractivity contribution in [3.05, 3.63) is 0 Å². The first-order valence-corrected chi connectivity index (χ1v) is 4.81. The highest BCUT2D eigenvalue weighted by Crippen LogP contribution is 2.12. The van der Waals surface area contributed by atoms with E-state index in [2.05, 4.69) is 24.5 Å². The van der Waals surface area contributed by atoms with Crippen molar-refractivity contribution in [1.29, 1.82) is 0 Å². The Bertz CT molecular complexity index is 124. The zero-order chi connectivity index (χ0) is 8.97. The van der Waals surface area contributed by atoms with Crippen molar-refractivity contribution in [2.75, 3.05) is 19.7 Å². The van der Waals surface area contributed by atoms with Crippen LogP contribution < -0.4 is 10.6 Å². The van der Waals surface area contributed by atoms with E-state index in [9.17, 15) is 0 Å². The number of hydrogen-bond donors (Lipinski definition) is 3. The largest absolute Gasteiger partial charge is 0.396 e. The molecule has 3 heteroatoms. The van der Waals surface area contributed by atoms with Crippen LogP contribution in [0, 0.1) is 5.92 Å². The molecule has 0 aromatic heterocycles. The molecule has 1 fully saturated rings. The Morgan fingerprint density at radius 3 is 2.50 bits per heavy atom. The molecule has 0 bridgehead atoms. The first-order valence-electron chi connectivity index (χ1n) is 4.81. The predicted octanol–water partition coefficient (Wildman–Crippen LogP) is -0.0452. The predicted molar refractivity (Wildman–Crippen MR) is 50.1 cm³/mol. The third-order valence-corrected chi connectivity index (χ3v) is 2.37. The summed E-state index contributed by atoms with van der Waals surface area (Å²) < 4.78 is 0. The third-order valence-electron chi connectivity index (χ3n) is 2.37. The first-order chi connectivity index (χ1) is 5.74. The zero-order valence-electron chi connectivity index (χ0n) is 8.01. The lowest BCUT2D eigenvalue weighted by atomic mass is 9.91. The number of nitrogens with one attached hydrogen (secondary N) is 2. The van der Waals surface area contributed by atoms with Gasteiger partial charge in [0.15, 0.2) is 0 Å². The lowest BCUT2D eigenvalue weighted by Gasteiger charge is -2.36. The van der Waals surface area contributed by atoms with Crippen molar-refractivity contribution in [3.8, 4) is 0 Å². The van der Waals surface area contributed by atoms with Gasteiger partial charge in [-0.3, -0.25) is 0 Å². The van der Waals surface area contributed by atoms with Gasteiger partial charge in [0, 0.05) is 31.8 Å². The SMILES string of the molecule is CC(C)NC(CCO)C1CNC1. The molecule has 0 amide bonds. The molecule has 72 valence electrons. The molecule has 3 nitrogen and oxygen atoms in total. The molecule has 0 aliphatic carbocycles. The Morgan fingerprint density at radius 2 is 2.17 bits per heavy atom. The van der Waals surface area contributed by atoms with Crippen LogP contribution in [0.2, 0.25) is 0 Å². The summed E-state index contributed by atoms with van der Waals surface area (Å²) in [6.07, 6.45) is 0.879. The molecule has 1 aliphatic heterocycles. The van der Waals surface area contributed by atoms with E-state index in [1.165, 1.54) is 0 Å². The second-order valence-corrected chi connectivity index (χ2v) is 3.86. The molecule has 0 radical (unpaired) electrons. The fraction of sp³-hybridized carbons (Fsp3) is 1.00. The average molecular weight is 172 g/mol. The first kappa shape index (κ1) is 9.96. The monoisotopic (exact) mass is 172 g/mol. The van der Waals surface area contributed by atoms with Gasteiger partial charge in [-0.1, -0.05) is 13.8 Å². The van der Waals surface area contributed by atoms with Gasteiger partial charge >= 0.3 is 0 Å². The summed E-state index contributed by atoms with van der Waals surface area (Å²) in [4.78, 5) is 0. The molecule has 0 aromatic rings. The van der Waals surface area contributed by atoms with Crippen LogP contribution in [0.1, 0.15) is 20.3 Å². The smallest absolute Gasteiger partial charge is 0.0445 e. The van der Waals surface area contributed by atoms with Crippen LogP contribution in [0.25, 0.3) is 0 Å². The van der Waals surface area contributed by atoms with E-state index in [-0.39, 0.29) is 0 Å². The van der Waals surface area contributed by atoms with E-state index in [1.807, 2.05) is 0 Å². The molecule has 12 heavy (non-hydrogen) atoms. The Labute approximate surface area is 74.5 Å². The minimum absolute atomic E-state index is 0.293. The van der Waals surface area contributed by atoms with Crippen LogP contribution >= 0.6 is 0 Å². The van der Waals surface area contributed by atoms with Gasteiger partial charge in [-0.25, -0.2) is 0 Å². The maximum atomic E-state index is 8.86. The number of aliphatic hydroxyl groups excluding tert-OH is 1. The molecule has 1 heterocycles. The Hall–Kier alpha value is -0.120. The van der Waals surface area contributed by atoms with E-state index in [0.29, 0.717) is 18.7 Å². The van der Waals surface area contributed by atoms with Gasteiger partial charge in [-0.15, -0.1) is 0 Å². The minimum atomic E-state index is 0.293. The van der Waals surface area contributed by atoms with Crippen LogP contribution in [-0.4, -0.2) is 36.9 Å².